The van der Waals surface area contributed by atoms with Gasteiger partial charge in [0.1, 0.15) is 0 Å². The Bertz CT molecular complexity index is 459. The molecule has 1 aromatic rings. The number of hydrogen-bond acceptors (Lipinski definition) is 4. The zero-order valence-electron chi connectivity index (χ0n) is 12.7. The van der Waals surface area contributed by atoms with Crippen LogP contribution in [0.25, 0.3) is 0 Å². The maximum Gasteiger partial charge on any atom is 0.496 e. The fourth-order valence-electron chi connectivity index (χ4n) is 2.09. The molecule has 5 heteroatoms. The minimum Gasteiger partial charge on any atom is -0.399 e. The molecular formula is C14H23BN2O2. The number of aromatic nitrogens is 1. The van der Waals surface area contributed by atoms with Crippen LogP contribution in [0.4, 0.5) is 0 Å². The molecule has 19 heavy (non-hydrogen) atoms. The minimum absolute atomic E-state index is 0.310. The molecule has 104 valence electrons. The third-order valence-corrected chi connectivity index (χ3v) is 4.08. The van der Waals surface area contributed by atoms with Crippen molar-refractivity contribution in [1.29, 1.82) is 0 Å². The molecule has 1 saturated heterocycles. The summed E-state index contributed by atoms with van der Waals surface area (Å²) in [5, 5.41) is 3.11. The van der Waals surface area contributed by atoms with Gasteiger partial charge in [0.25, 0.3) is 0 Å². The summed E-state index contributed by atoms with van der Waals surface area (Å²) in [5.74, 6) is 0. The van der Waals surface area contributed by atoms with E-state index >= 15 is 0 Å². The zero-order chi connectivity index (χ0) is 14.3. The van der Waals surface area contributed by atoms with E-state index in [9.17, 15) is 0 Å². The number of nitrogens with one attached hydrogen (secondary N) is 1. The van der Waals surface area contributed by atoms with Crippen molar-refractivity contribution < 1.29 is 9.31 Å². The number of nitrogens with zero attached hydrogens (tertiary/aromatic N) is 1. The monoisotopic (exact) mass is 262 g/mol. The molecule has 0 unspecified atom stereocenters. The van der Waals surface area contributed by atoms with Gasteiger partial charge in [-0.1, -0.05) is 6.07 Å². The van der Waals surface area contributed by atoms with Gasteiger partial charge in [-0.15, -0.1) is 0 Å². The molecule has 0 aliphatic carbocycles. The van der Waals surface area contributed by atoms with Crippen molar-refractivity contribution in [2.75, 3.05) is 7.05 Å². The van der Waals surface area contributed by atoms with Crippen molar-refractivity contribution in [3.63, 3.8) is 0 Å². The van der Waals surface area contributed by atoms with Crippen LogP contribution in [0.15, 0.2) is 12.3 Å². The molecule has 0 aromatic carbocycles. The highest BCUT2D eigenvalue weighted by atomic mass is 16.7. The van der Waals surface area contributed by atoms with Crippen molar-refractivity contribution in [2.24, 2.45) is 0 Å². The first-order chi connectivity index (χ1) is 8.77. The zero-order valence-corrected chi connectivity index (χ0v) is 12.7. The molecule has 4 nitrogen and oxygen atoms in total. The van der Waals surface area contributed by atoms with Gasteiger partial charge in [0, 0.05) is 18.2 Å². The lowest BCUT2D eigenvalue weighted by atomic mass is 9.79. The Morgan fingerprint density at radius 3 is 2.26 bits per heavy atom. The number of rotatable bonds is 3. The highest BCUT2D eigenvalue weighted by Gasteiger charge is 2.51. The summed E-state index contributed by atoms with van der Waals surface area (Å²) in [6.45, 7) is 11.1. The summed E-state index contributed by atoms with van der Waals surface area (Å²) in [6.07, 6.45) is 1.85. The molecule has 1 aromatic heterocycles. The van der Waals surface area contributed by atoms with Crippen LogP contribution in [0.1, 0.15) is 39.0 Å². The maximum atomic E-state index is 6.03. The first-order valence-corrected chi connectivity index (χ1v) is 6.72. The number of hydrogen-bond donors (Lipinski definition) is 1. The Morgan fingerprint density at radius 1 is 1.21 bits per heavy atom. The normalized spacial score (nSPS) is 20.8. The predicted molar refractivity (Wildman–Crippen MR) is 77.5 cm³/mol. The van der Waals surface area contributed by atoms with Crippen LogP contribution in [0.3, 0.4) is 0 Å². The van der Waals surface area contributed by atoms with Crippen molar-refractivity contribution in [3.05, 3.63) is 23.5 Å². The van der Waals surface area contributed by atoms with E-state index in [0.717, 1.165) is 23.3 Å². The Morgan fingerprint density at radius 2 is 1.79 bits per heavy atom. The van der Waals surface area contributed by atoms with E-state index in [-0.39, 0.29) is 18.3 Å². The second-order valence-electron chi connectivity index (χ2n) is 6.15. The molecule has 0 atom stereocenters. The fourth-order valence-corrected chi connectivity index (χ4v) is 2.09. The summed E-state index contributed by atoms with van der Waals surface area (Å²) in [5.41, 5.74) is 2.57. The van der Waals surface area contributed by atoms with Crippen molar-refractivity contribution in [1.82, 2.24) is 10.3 Å². The van der Waals surface area contributed by atoms with Crippen LogP contribution in [0.2, 0.25) is 0 Å². The van der Waals surface area contributed by atoms with Gasteiger partial charge in [-0.05, 0) is 47.2 Å². The first kappa shape index (κ1) is 14.5. The largest absolute Gasteiger partial charge is 0.496 e. The van der Waals surface area contributed by atoms with Crippen LogP contribution < -0.4 is 10.8 Å². The van der Waals surface area contributed by atoms with E-state index in [2.05, 4.69) is 51.0 Å². The van der Waals surface area contributed by atoms with Gasteiger partial charge >= 0.3 is 7.12 Å². The van der Waals surface area contributed by atoms with Gasteiger partial charge in [0.2, 0.25) is 0 Å². The van der Waals surface area contributed by atoms with Gasteiger partial charge in [0.15, 0.2) is 0 Å². The van der Waals surface area contributed by atoms with Crippen molar-refractivity contribution >= 4 is 12.6 Å². The average Bonchev–Trinajstić information content (AvgIpc) is 2.51. The summed E-state index contributed by atoms with van der Waals surface area (Å²) < 4.78 is 12.1. The molecular weight excluding hydrogens is 239 g/mol. The topological polar surface area (TPSA) is 43.4 Å². The number of aryl methyl sites for hydroxylation is 1. The van der Waals surface area contributed by atoms with E-state index in [4.69, 9.17) is 9.31 Å². The lowest BCUT2D eigenvalue weighted by Crippen LogP contribution is -2.41. The second kappa shape index (κ2) is 4.89. The molecule has 1 N–H and O–H groups in total. The Kier molecular flexibility index (Phi) is 3.73. The molecule has 1 aliphatic rings. The second-order valence-corrected chi connectivity index (χ2v) is 6.15. The smallest absolute Gasteiger partial charge is 0.399 e. The van der Waals surface area contributed by atoms with Crippen molar-refractivity contribution in [3.8, 4) is 0 Å². The third kappa shape index (κ3) is 2.68. The standard InChI is InChI=1S/C14H23BN2O2/c1-10-7-11(8-17-12(10)9-16-6)15-18-13(2,3)14(4,5)19-15/h7-8,16H,9H2,1-6H3. The van der Waals surface area contributed by atoms with Crippen LogP contribution in [-0.4, -0.2) is 30.4 Å². The Balaban J connectivity index is 2.23. The molecule has 0 radical (unpaired) electrons. The molecule has 0 amide bonds. The lowest BCUT2D eigenvalue weighted by molar-refractivity contribution is 0.00578. The molecule has 0 spiro atoms. The molecule has 2 rings (SSSR count). The van der Waals surface area contributed by atoms with Crippen LogP contribution in [0, 0.1) is 6.92 Å². The van der Waals surface area contributed by atoms with Gasteiger partial charge < -0.3 is 14.6 Å². The number of pyridine rings is 1. The van der Waals surface area contributed by atoms with E-state index in [0.29, 0.717) is 0 Å². The fraction of sp³-hybridized carbons (Fsp3) is 0.643. The van der Waals surface area contributed by atoms with Crippen LogP contribution in [-0.2, 0) is 15.9 Å². The van der Waals surface area contributed by atoms with Gasteiger partial charge in [-0.25, -0.2) is 0 Å². The molecule has 0 saturated carbocycles. The Hall–Kier alpha value is -0.905. The molecule has 2 heterocycles. The average molecular weight is 262 g/mol. The quantitative estimate of drug-likeness (QED) is 0.836. The SMILES string of the molecule is CNCc1ncc(B2OC(C)(C)C(C)(C)O2)cc1C. The molecule has 0 bridgehead atoms. The molecule has 1 fully saturated rings. The highest BCUT2D eigenvalue weighted by molar-refractivity contribution is 6.62. The van der Waals surface area contributed by atoms with Gasteiger partial charge in [-0.2, -0.15) is 0 Å². The third-order valence-electron chi connectivity index (χ3n) is 4.08. The lowest BCUT2D eigenvalue weighted by Gasteiger charge is -2.32. The van der Waals surface area contributed by atoms with Gasteiger partial charge in [0.05, 0.1) is 16.9 Å². The van der Waals surface area contributed by atoms with Crippen LogP contribution >= 0.6 is 0 Å². The minimum atomic E-state index is -0.333. The van der Waals surface area contributed by atoms with E-state index in [1.165, 1.54) is 0 Å². The van der Waals surface area contributed by atoms with E-state index < -0.39 is 0 Å². The van der Waals surface area contributed by atoms with E-state index in [1.807, 2.05) is 13.2 Å². The molecule has 1 aliphatic heterocycles. The predicted octanol–water partition coefficient (Wildman–Crippen LogP) is 1.41. The first-order valence-electron chi connectivity index (χ1n) is 6.72. The summed E-state index contributed by atoms with van der Waals surface area (Å²) in [4.78, 5) is 4.49. The van der Waals surface area contributed by atoms with Crippen LogP contribution in [0.5, 0.6) is 0 Å². The maximum absolute atomic E-state index is 6.03. The summed E-state index contributed by atoms with van der Waals surface area (Å²) >= 11 is 0. The van der Waals surface area contributed by atoms with Gasteiger partial charge in [-0.3, -0.25) is 4.98 Å². The highest BCUT2D eigenvalue weighted by Crippen LogP contribution is 2.36. The van der Waals surface area contributed by atoms with E-state index in [1.54, 1.807) is 0 Å². The summed E-state index contributed by atoms with van der Waals surface area (Å²) in [6, 6.07) is 2.10. The Labute approximate surface area is 116 Å². The van der Waals surface area contributed by atoms with Crippen molar-refractivity contribution in [2.45, 2.75) is 52.4 Å². The summed E-state index contributed by atoms with van der Waals surface area (Å²) in [7, 11) is 1.59.